The van der Waals surface area contributed by atoms with Crippen LogP contribution in [0, 0.1) is 27.7 Å². The molecule has 2 aromatic carbocycles. The van der Waals surface area contributed by atoms with Crippen molar-refractivity contribution in [3.63, 3.8) is 0 Å². The predicted octanol–water partition coefficient (Wildman–Crippen LogP) is 5.34. The van der Waals surface area contributed by atoms with Crippen LogP contribution < -0.4 is 5.32 Å². The monoisotopic (exact) mass is 470 g/mol. The third kappa shape index (κ3) is 6.90. The van der Waals surface area contributed by atoms with Crippen LogP contribution in [0.2, 0.25) is 0 Å². The summed E-state index contributed by atoms with van der Waals surface area (Å²) in [5.74, 6) is -0.223. The van der Waals surface area contributed by atoms with Crippen LogP contribution in [0.15, 0.2) is 41.3 Å². The molecule has 0 unspecified atom stereocenters. The number of aryl methyl sites for hydroxylation is 4. The lowest BCUT2D eigenvalue weighted by atomic mass is 9.97. The van der Waals surface area contributed by atoms with Gasteiger partial charge >= 0.3 is 0 Å². The summed E-state index contributed by atoms with van der Waals surface area (Å²) in [6.45, 7) is 7.59. The average molecular weight is 471 g/mol. The summed E-state index contributed by atoms with van der Waals surface area (Å²) in [5, 5.41) is 3.13. The Balaban J connectivity index is 1.87. The molecule has 2 aromatic rings. The van der Waals surface area contributed by atoms with E-state index in [4.69, 9.17) is 0 Å². The summed E-state index contributed by atoms with van der Waals surface area (Å²) >= 11 is 0. The van der Waals surface area contributed by atoms with Crippen molar-refractivity contribution in [3.05, 3.63) is 64.2 Å². The molecule has 33 heavy (non-hydrogen) atoms. The van der Waals surface area contributed by atoms with Gasteiger partial charge in [0.2, 0.25) is 15.9 Å². The lowest BCUT2D eigenvalue weighted by molar-refractivity contribution is -0.122. The van der Waals surface area contributed by atoms with Gasteiger partial charge in [0.15, 0.2) is 0 Å². The number of amides is 1. The van der Waals surface area contributed by atoms with E-state index in [1.54, 1.807) is 0 Å². The molecule has 0 bridgehead atoms. The van der Waals surface area contributed by atoms with E-state index >= 15 is 0 Å². The van der Waals surface area contributed by atoms with Crippen LogP contribution >= 0.6 is 0 Å². The number of carbonyl (C=O) groups excluding carboxylic acids is 1. The van der Waals surface area contributed by atoms with Gasteiger partial charge < -0.3 is 5.32 Å². The molecule has 1 saturated carbocycles. The maximum Gasteiger partial charge on any atom is 0.244 e. The predicted molar refractivity (Wildman–Crippen MR) is 134 cm³/mol. The number of hydrogen-bond acceptors (Lipinski definition) is 3. The van der Waals surface area contributed by atoms with E-state index in [2.05, 4.69) is 5.32 Å². The van der Waals surface area contributed by atoms with Gasteiger partial charge in [-0.15, -0.1) is 0 Å². The molecule has 6 heteroatoms. The smallest absolute Gasteiger partial charge is 0.244 e. The highest BCUT2D eigenvalue weighted by atomic mass is 32.2. The van der Waals surface area contributed by atoms with Gasteiger partial charge in [-0.25, -0.2) is 8.42 Å². The van der Waals surface area contributed by atoms with Crippen molar-refractivity contribution < 1.29 is 13.2 Å². The Kier molecular flexibility index (Phi) is 8.71. The Morgan fingerprint density at radius 3 is 2.00 bits per heavy atom. The molecule has 0 radical (unpaired) electrons. The number of benzene rings is 2. The molecule has 0 spiro atoms. The summed E-state index contributed by atoms with van der Waals surface area (Å²) < 4.78 is 29.0. The molecule has 1 aliphatic carbocycles. The molecule has 1 N–H and O–H groups in total. The standard InChI is InChI=1S/C27H38N2O3S/c1-20-12-14-24(15-13-20)18-29(19-26(30)28-25-10-8-6-5-7-9-11-25)33(31,32)27-22(3)16-21(2)17-23(27)4/h12-17,25H,5-11,18-19H2,1-4H3,(H,28,30). The van der Waals surface area contributed by atoms with Crippen molar-refractivity contribution >= 4 is 15.9 Å². The van der Waals surface area contributed by atoms with Crippen LogP contribution in [0.25, 0.3) is 0 Å². The van der Waals surface area contributed by atoms with Gasteiger partial charge in [0.1, 0.15) is 0 Å². The number of nitrogens with one attached hydrogen (secondary N) is 1. The normalized spacial score (nSPS) is 15.8. The molecular weight excluding hydrogens is 432 g/mol. The summed E-state index contributed by atoms with van der Waals surface area (Å²) in [5.41, 5.74) is 4.42. The Hall–Kier alpha value is -2.18. The van der Waals surface area contributed by atoms with Gasteiger partial charge in [0, 0.05) is 12.6 Å². The fraction of sp³-hybridized carbons (Fsp3) is 0.519. The van der Waals surface area contributed by atoms with Gasteiger partial charge in [0.05, 0.1) is 11.4 Å². The molecule has 0 saturated heterocycles. The van der Waals surface area contributed by atoms with Gasteiger partial charge in [-0.1, -0.05) is 79.6 Å². The van der Waals surface area contributed by atoms with Crippen LogP contribution in [-0.4, -0.2) is 31.2 Å². The molecule has 1 amide bonds. The molecule has 0 heterocycles. The fourth-order valence-electron chi connectivity index (χ4n) is 4.86. The largest absolute Gasteiger partial charge is 0.352 e. The van der Waals surface area contributed by atoms with Gasteiger partial charge in [-0.05, 0) is 57.2 Å². The zero-order valence-electron chi connectivity index (χ0n) is 20.5. The Labute approximate surface area is 199 Å². The van der Waals surface area contributed by atoms with Crippen molar-refractivity contribution in [2.75, 3.05) is 6.54 Å². The molecule has 1 aliphatic rings. The van der Waals surface area contributed by atoms with Crippen LogP contribution in [0.1, 0.15) is 72.8 Å². The van der Waals surface area contributed by atoms with Gasteiger partial charge in [-0.2, -0.15) is 4.31 Å². The van der Waals surface area contributed by atoms with E-state index in [-0.39, 0.29) is 25.0 Å². The molecule has 3 rings (SSSR count). The quantitative estimate of drug-likeness (QED) is 0.594. The first-order valence-corrected chi connectivity index (χ1v) is 13.5. The van der Waals surface area contributed by atoms with Crippen molar-refractivity contribution in [2.45, 2.75) is 90.1 Å². The van der Waals surface area contributed by atoms with Crippen LogP contribution in [-0.2, 0) is 21.4 Å². The summed E-state index contributed by atoms with van der Waals surface area (Å²) in [6.07, 6.45) is 7.81. The lowest BCUT2D eigenvalue weighted by Gasteiger charge is -2.26. The van der Waals surface area contributed by atoms with Crippen LogP contribution in [0.4, 0.5) is 0 Å². The lowest BCUT2D eigenvalue weighted by Crippen LogP contribution is -2.44. The van der Waals surface area contributed by atoms with E-state index < -0.39 is 10.0 Å². The zero-order chi connectivity index (χ0) is 24.0. The maximum atomic E-state index is 13.8. The third-order valence-electron chi connectivity index (χ3n) is 6.47. The Morgan fingerprint density at radius 1 is 0.879 bits per heavy atom. The minimum atomic E-state index is -3.86. The van der Waals surface area contributed by atoms with Gasteiger partial charge in [0.25, 0.3) is 0 Å². The highest BCUT2D eigenvalue weighted by Crippen LogP contribution is 2.27. The first-order chi connectivity index (χ1) is 15.7. The first kappa shape index (κ1) is 25.4. The molecule has 0 atom stereocenters. The van der Waals surface area contributed by atoms with Crippen LogP contribution in [0.3, 0.4) is 0 Å². The van der Waals surface area contributed by atoms with Crippen molar-refractivity contribution in [1.29, 1.82) is 0 Å². The van der Waals surface area contributed by atoms with Crippen molar-refractivity contribution in [3.8, 4) is 0 Å². The maximum absolute atomic E-state index is 13.8. The van der Waals surface area contributed by atoms with Crippen molar-refractivity contribution in [1.82, 2.24) is 9.62 Å². The van der Waals surface area contributed by atoms with E-state index in [1.165, 1.54) is 23.6 Å². The number of rotatable bonds is 7. The van der Waals surface area contributed by atoms with E-state index in [9.17, 15) is 13.2 Å². The Morgan fingerprint density at radius 2 is 1.42 bits per heavy atom. The van der Waals surface area contributed by atoms with Crippen LogP contribution in [0.5, 0.6) is 0 Å². The number of sulfonamides is 1. The van der Waals surface area contributed by atoms with E-state index in [0.29, 0.717) is 16.0 Å². The Bertz CT molecular complexity index is 1030. The second-order valence-corrected chi connectivity index (χ2v) is 11.5. The van der Waals surface area contributed by atoms with E-state index in [0.717, 1.165) is 42.4 Å². The SMILES string of the molecule is Cc1ccc(CN(CC(=O)NC2CCCCCCC2)S(=O)(=O)c2c(C)cc(C)cc2C)cc1. The molecule has 5 nitrogen and oxygen atoms in total. The number of hydrogen-bond donors (Lipinski definition) is 1. The van der Waals surface area contributed by atoms with Crippen molar-refractivity contribution in [2.24, 2.45) is 0 Å². The second kappa shape index (κ2) is 11.3. The minimum Gasteiger partial charge on any atom is -0.352 e. The minimum absolute atomic E-state index is 0.129. The molecule has 180 valence electrons. The summed E-state index contributed by atoms with van der Waals surface area (Å²) in [7, 11) is -3.86. The molecule has 0 aliphatic heterocycles. The topological polar surface area (TPSA) is 66.5 Å². The third-order valence-corrected chi connectivity index (χ3v) is 8.57. The number of carbonyl (C=O) groups is 1. The molecule has 0 aromatic heterocycles. The highest BCUT2D eigenvalue weighted by molar-refractivity contribution is 7.89. The zero-order valence-corrected chi connectivity index (χ0v) is 21.3. The summed E-state index contributed by atoms with van der Waals surface area (Å²) in [6, 6.07) is 11.7. The van der Waals surface area contributed by atoms with Gasteiger partial charge in [-0.3, -0.25) is 4.79 Å². The molecular formula is C27H38N2O3S. The average Bonchev–Trinajstić information content (AvgIpc) is 2.70. The first-order valence-electron chi connectivity index (χ1n) is 12.1. The van der Waals surface area contributed by atoms with E-state index in [1.807, 2.05) is 64.1 Å². The summed E-state index contributed by atoms with van der Waals surface area (Å²) in [4.78, 5) is 13.4. The second-order valence-electron chi connectivity index (χ2n) is 9.60. The molecule has 1 fully saturated rings. The highest BCUT2D eigenvalue weighted by Gasteiger charge is 2.30. The fourth-order valence-corrected chi connectivity index (χ4v) is 6.66. The number of nitrogens with zero attached hydrogens (tertiary/aromatic N) is 1.